The lowest BCUT2D eigenvalue weighted by Crippen LogP contribution is -2.46. The molecular formula is C9H12N2O2S. The number of hydrogen-bond acceptors (Lipinski definition) is 4. The molecule has 1 saturated heterocycles. The molecule has 76 valence electrons. The van der Waals surface area contributed by atoms with Gasteiger partial charge in [0.15, 0.2) is 9.84 Å². The van der Waals surface area contributed by atoms with Crippen molar-refractivity contribution in [1.29, 1.82) is 0 Å². The van der Waals surface area contributed by atoms with Gasteiger partial charge in [-0.15, -0.1) is 0 Å². The van der Waals surface area contributed by atoms with Crippen molar-refractivity contribution < 1.29 is 8.42 Å². The summed E-state index contributed by atoms with van der Waals surface area (Å²) in [5.74, 6) is 1.24. The van der Waals surface area contributed by atoms with Crippen LogP contribution >= 0.6 is 0 Å². The Morgan fingerprint density at radius 1 is 1.50 bits per heavy atom. The predicted octanol–water partition coefficient (Wildman–Crippen LogP) is 0.599. The van der Waals surface area contributed by atoms with Gasteiger partial charge in [-0.05, 0) is 18.6 Å². The highest BCUT2D eigenvalue weighted by molar-refractivity contribution is 7.92. The number of pyridine rings is 1. The van der Waals surface area contributed by atoms with E-state index in [1.54, 1.807) is 6.20 Å². The summed E-state index contributed by atoms with van der Waals surface area (Å²) in [5, 5.41) is 3.11. The molecule has 0 radical (unpaired) electrons. The molecule has 1 aliphatic rings. The molecule has 5 heteroatoms. The number of aryl methyl sites for hydroxylation is 1. The first kappa shape index (κ1) is 9.45. The first-order valence-corrected chi connectivity index (χ1v) is 6.27. The lowest BCUT2D eigenvalue weighted by atomic mass is 10.2. The second kappa shape index (κ2) is 3.24. The summed E-state index contributed by atoms with van der Waals surface area (Å²) in [6.45, 7) is 1.95. The summed E-state index contributed by atoms with van der Waals surface area (Å²) in [5.41, 5.74) is 1.04. The highest BCUT2D eigenvalue weighted by atomic mass is 32.2. The van der Waals surface area contributed by atoms with Gasteiger partial charge in [-0.3, -0.25) is 0 Å². The molecule has 0 amide bonds. The van der Waals surface area contributed by atoms with E-state index in [2.05, 4.69) is 10.3 Å². The molecule has 0 aliphatic carbocycles. The molecule has 1 N–H and O–H groups in total. The molecule has 0 atom stereocenters. The molecule has 0 spiro atoms. The standard InChI is InChI=1S/C9H12N2O2S/c1-7-3-2-4-10-9(7)11-8-5-14(12,13)6-8/h2-4,8H,5-6H2,1H3,(H,10,11). The van der Waals surface area contributed by atoms with E-state index in [9.17, 15) is 8.42 Å². The Kier molecular flexibility index (Phi) is 2.19. The van der Waals surface area contributed by atoms with Gasteiger partial charge in [0, 0.05) is 6.20 Å². The smallest absolute Gasteiger partial charge is 0.154 e. The number of hydrogen-bond donors (Lipinski definition) is 1. The Morgan fingerprint density at radius 2 is 2.21 bits per heavy atom. The van der Waals surface area contributed by atoms with Crippen LogP contribution in [-0.4, -0.2) is 30.9 Å². The Bertz CT molecular complexity index is 430. The summed E-state index contributed by atoms with van der Waals surface area (Å²) in [4.78, 5) is 4.14. The van der Waals surface area contributed by atoms with Gasteiger partial charge in [-0.1, -0.05) is 6.07 Å². The van der Waals surface area contributed by atoms with Gasteiger partial charge in [0.25, 0.3) is 0 Å². The van der Waals surface area contributed by atoms with Gasteiger partial charge in [-0.25, -0.2) is 13.4 Å². The monoisotopic (exact) mass is 212 g/mol. The molecular weight excluding hydrogens is 200 g/mol. The summed E-state index contributed by atoms with van der Waals surface area (Å²) in [6.07, 6.45) is 1.70. The molecule has 2 rings (SSSR count). The predicted molar refractivity (Wildman–Crippen MR) is 55.0 cm³/mol. The number of aromatic nitrogens is 1. The molecule has 1 fully saturated rings. The van der Waals surface area contributed by atoms with E-state index in [0.717, 1.165) is 11.4 Å². The van der Waals surface area contributed by atoms with E-state index in [1.807, 2.05) is 19.1 Å². The third-order valence-corrected chi connectivity index (χ3v) is 4.08. The quantitative estimate of drug-likeness (QED) is 0.780. The summed E-state index contributed by atoms with van der Waals surface area (Å²) in [6, 6.07) is 3.84. The van der Waals surface area contributed by atoms with Crippen LogP contribution < -0.4 is 5.32 Å². The first-order chi connectivity index (χ1) is 6.57. The van der Waals surface area contributed by atoms with Crippen LogP contribution in [0.3, 0.4) is 0 Å². The molecule has 0 bridgehead atoms. The van der Waals surface area contributed by atoms with E-state index in [1.165, 1.54) is 0 Å². The minimum Gasteiger partial charge on any atom is -0.365 e. The van der Waals surface area contributed by atoms with Crippen molar-refractivity contribution in [3.63, 3.8) is 0 Å². The van der Waals surface area contributed by atoms with Crippen molar-refractivity contribution in [2.75, 3.05) is 16.8 Å². The van der Waals surface area contributed by atoms with Crippen LogP contribution in [-0.2, 0) is 9.84 Å². The van der Waals surface area contributed by atoms with Crippen LogP contribution in [0.5, 0.6) is 0 Å². The fraction of sp³-hybridized carbons (Fsp3) is 0.444. The maximum atomic E-state index is 10.9. The van der Waals surface area contributed by atoms with Crippen molar-refractivity contribution in [1.82, 2.24) is 4.98 Å². The summed E-state index contributed by atoms with van der Waals surface area (Å²) < 4.78 is 21.8. The van der Waals surface area contributed by atoms with E-state index in [0.29, 0.717) is 0 Å². The maximum absolute atomic E-state index is 10.9. The normalized spacial score (nSPS) is 20.1. The second-order valence-corrected chi connectivity index (χ2v) is 5.74. The van der Waals surface area contributed by atoms with Crippen molar-refractivity contribution in [3.8, 4) is 0 Å². The van der Waals surface area contributed by atoms with Crippen LogP contribution in [0.1, 0.15) is 5.56 Å². The third-order valence-electron chi connectivity index (χ3n) is 2.26. The maximum Gasteiger partial charge on any atom is 0.154 e. The third kappa shape index (κ3) is 1.87. The van der Waals surface area contributed by atoms with Crippen molar-refractivity contribution >= 4 is 15.7 Å². The number of rotatable bonds is 2. The van der Waals surface area contributed by atoms with Crippen LogP contribution in [0.15, 0.2) is 18.3 Å². The minimum atomic E-state index is -2.75. The zero-order valence-corrected chi connectivity index (χ0v) is 8.71. The number of anilines is 1. The highest BCUT2D eigenvalue weighted by Crippen LogP contribution is 2.17. The Morgan fingerprint density at radius 3 is 2.79 bits per heavy atom. The van der Waals surface area contributed by atoms with Gasteiger partial charge in [0.2, 0.25) is 0 Å². The van der Waals surface area contributed by atoms with E-state index in [-0.39, 0.29) is 17.5 Å². The van der Waals surface area contributed by atoms with Gasteiger partial charge in [0.05, 0.1) is 17.5 Å². The Hall–Kier alpha value is -1.10. The summed E-state index contributed by atoms with van der Waals surface area (Å²) >= 11 is 0. The van der Waals surface area contributed by atoms with Gasteiger partial charge in [0.1, 0.15) is 5.82 Å². The molecule has 0 unspecified atom stereocenters. The largest absolute Gasteiger partial charge is 0.365 e. The molecule has 14 heavy (non-hydrogen) atoms. The zero-order valence-electron chi connectivity index (χ0n) is 7.90. The SMILES string of the molecule is Cc1cccnc1NC1CS(=O)(=O)C1. The highest BCUT2D eigenvalue weighted by Gasteiger charge is 2.33. The van der Waals surface area contributed by atoms with Crippen LogP contribution in [0.2, 0.25) is 0 Å². The number of sulfone groups is 1. The van der Waals surface area contributed by atoms with Crippen molar-refractivity contribution in [2.45, 2.75) is 13.0 Å². The van der Waals surface area contributed by atoms with Crippen LogP contribution in [0, 0.1) is 6.92 Å². The van der Waals surface area contributed by atoms with Gasteiger partial charge >= 0.3 is 0 Å². The van der Waals surface area contributed by atoms with E-state index < -0.39 is 9.84 Å². The second-order valence-electron chi connectivity index (χ2n) is 3.59. The average Bonchev–Trinajstić information content (AvgIpc) is 2.05. The molecule has 0 saturated carbocycles. The Balaban J connectivity index is 2.03. The molecule has 1 aliphatic heterocycles. The minimum absolute atomic E-state index is 0.0357. The molecule has 1 aromatic heterocycles. The van der Waals surface area contributed by atoms with Crippen molar-refractivity contribution in [2.24, 2.45) is 0 Å². The average molecular weight is 212 g/mol. The first-order valence-electron chi connectivity index (χ1n) is 4.45. The lowest BCUT2D eigenvalue weighted by Gasteiger charge is -2.27. The van der Waals surface area contributed by atoms with E-state index in [4.69, 9.17) is 0 Å². The summed E-state index contributed by atoms with van der Waals surface area (Å²) in [7, 11) is -2.75. The molecule has 1 aromatic rings. The number of nitrogens with one attached hydrogen (secondary N) is 1. The topological polar surface area (TPSA) is 59.1 Å². The van der Waals surface area contributed by atoms with Crippen molar-refractivity contribution in [3.05, 3.63) is 23.9 Å². The fourth-order valence-corrected chi connectivity index (χ4v) is 2.77. The number of nitrogens with zero attached hydrogens (tertiary/aromatic N) is 1. The van der Waals surface area contributed by atoms with Gasteiger partial charge in [-0.2, -0.15) is 0 Å². The zero-order chi connectivity index (χ0) is 10.2. The molecule has 0 aromatic carbocycles. The van der Waals surface area contributed by atoms with Gasteiger partial charge < -0.3 is 5.32 Å². The van der Waals surface area contributed by atoms with Crippen LogP contribution in [0.25, 0.3) is 0 Å². The van der Waals surface area contributed by atoms with Crippen LogP contribution in [0.4, 0.5) is 5.82 Å². The fourth-order valence-electron chi connectivity index (χ4n) is 1.48. The van der Waals surface area contributed by atoms with E-state index >= 15 is 0 Å². The molecule has 4 nitrogen and oxygen atoms in total. The molecule has 2 heterocycles. The lowest BCUT2D eigenvalue weighted by molar-refractivity contribution is 0.570. The Labute approximate surface area is 83.3 Å².